The second-order valence-corrected chi connectivity index (χ2v) is 6.13. The second kappa shape index (κ2) is 9.87. The Morgan fingerprint density at radius 1 is 1.43 bits per heavy atom. The summed E-state index contributed by atoms with van der Waals surface area (Å²) in [4.78, 5) is 14.3. The maximum absolute atomic E-state index is 12.4. The molecule has 1 saturated heterocycles. The number of nitrogens with zero attached hydrogens (tertiary/aromatic N) is 1. The van der Waals surface area contributed by atoms with Crippen LogP contribution >= 0.6 is 24.2 Å². The summed E-state index contributed by atoms with van der Waals surface area (Å²) < 4.78 is 0. The third-order valence-electron chi connectivity index (χ3n) is 3.34. The van der Waals surface area contributed by atoms with Crippen molar-refractivity contribution in [3.8, 4) is 0 Å². The van der Waals surface area contributed by atoms with Gasteiger partial charge in [0, 0.05) is 43.6 Å². The Hall–Kier alpha value is -0.970. The van der Waals surface area contributed by atoms with E-state index in [1.807, 2.05) is 34.9 Å². The summed E-state index contributed by atoms with van der Waals surface area (Å²) in [5.41, 5.74) is 1.16. The van der Waals surface area contributed by atoms with E-state index >= 15 is 0 Å². The number of benzene rings is 1. The van der Waals surface area contributed by atoms with Crippen LogP contribution in [0, 0.1) is 0 Å². The number of hydrogen-bond acceptors (Lipinski definition) is 3. The average molecular weight is 327 g/mol. The molecule has 1 unspecified atom stereocenters. The molecule has 3 nitrogen and oxygen atoms in total. The van der Waals surface area contributed by atoms with Gasteiger partial charge in [0.2, 0.25) is 5.91 Å². The molecule has 0 aliphatic carbocycles. The summed E-state index contributed by atoms with van der Waals surface area (Å²) in [5.74, 6) is 2.37. The fraction of sp³-hybridized carbons (Fsp3) is 0.438. The fourth-order valence-corrected chi connectivity index (χ4v) is 3.25. The van der Waals surface area contributed by atoms with Gasteiger partial charge in [0.15, 0.2) is 0 Å². The van der Waals surface area contributed by atoms with E-state index in [1.165, 1.54) is 0 Å². The maximum Gasteiger partial charge on any atom is 0.224 e. The van der Waals surface area contributed by atoms with Crippen molar-refractivity contribution in [1.82, 2.24) is 10.2 Å². The van der Waals surface area contributed by atoms with Gasteiger partial charge in [-0.25, -0.2) is 0 Å². The van der Waals surface area contributed by atoms with Crippen LogP contribution in [-0.2, 0) is 11.3 Å². The Kier molecular flexibility index (Phi) is 8.50. The van der Waals surface area contributed by atoms with Crippen molar-refractivity contribution in [1.29, 1.82) is 0 Å². The van der Waals surface area contributed by atoms with Gasteiger partial charge in [-0.15, -0.1) is 19.0 Å². The summed E-state index contributed by atoms with van der Waals surface area (Å²) in [6.07, 6.45) is 2.37. The Labute approximate surface area is 137 Å². The van der Waals surface area contributed by atoms with E-state index in [9.17, 15) is 4.79 Å². The van der Waals surface area contributed by atoms with Crippen LogP contribution in [0.2, 0.25) is 0 Å². The van der Waals surface area contributed by atoms with Crippen molar-refractivity contribution in [3.05, 3.63) is 48.6 Å². The van der Waals surface area contributed by atoms with Gasteiger partial charge < -0.3 is 10.2 Å². The van der Waals surface area contributed by atoms with E-state index in [0.29, 0.717) is 25.6 Å². The Morgan fingerprint density at radius 2 is 2.19 bits per heavy atom. The van der Waals surface area contributed by atoms with Crippen LogP contribution in [0.4, 0.5) is 0 Å². The van der Waals surface area contributed by atoms with Gasteiger partial charge in [-0.1, -0.05) is 36.4 Å². The zero-order chi connectivity index (χ0) is 14.2. The lowest BCUT2D eigenvalue weighted by molar-refractivity contribution is -0.131. The normalized spacial score (nSPS) is 17.6. The lowest BCUT2D eigenvalue weighted by Gasteiger charge is -2.27. The first kappa shape index (κ1) is 18.1. The summed E-state index contributed by atoms with van der Waals surface area (Å²) in [6, 6.07) is 10.4. The van der Waals surface area contributed by atoms with Gasteiger partial charge in [0.05, 0.1) is 0 Å². The van der Waals surface area contributed by atoms with Crippen LogP contribution in [-0.4, -0.2) is 41.4 Å². The number of thioether (sulfide) groups is 1. The molecular formula is C16H23ClN2OS. The molecule has 21 heavy (non-hydrogen) atoms. The standard InChI is InChI=1S/C16H22N2OS.ClH/c1-2-9-18(12-14-6-4-3-5-7-14)16(19)11-15-13-20-10-8-17-15;/h2-7,15,17H,1,8-13H2;1H. The lowest BCUT2D eigenvalue weighted by Crippen LogP contribution is -2.42. The molecule has 1 atom stereocenters. The van der Waals surface area contributed by atoms with E-state index in [2.05, 4.69) is 24.0 Å². The Balaban J connectivity index is 0.00000220. The third-order valence-corrected chi connectivity index (χ3v) is 4.47. The Morgan fingerprint density at radius 3 is 2.81 bits per heavy atom. The minimum absolute atomic E-state index is 0. The summed E-state index contributed by atoms with van der Waals surface area (Å²) in [6.45, 7) is 6.02. The van der Waals surface area contributed by atoms with Crippen LogP contribution in [0.3, 0.4) is 0 Å². The van der Waals surface area contributed by atoms with Crippen molar-refractivity contribution in [2.45, 2.75) is 19.0 Å². The predicted molar refractivity (Wildman–Crippen MR) is 93.0 cm³/mol. The Bertz CT molecular complexity index is 435. The van der Waals surface area contributed by atoms with Gasteiger partial charge in [-0.2, -0.15) is 11.8 Å². The first-order valence-corrected chi connectivity index (χ1v) is 8.19. The number of carbonyl (C=O) groups is 1. The monoisotopic (exact) mass is 326 g/mol. The molecule has 0 bridgehead atoms. The number of amides is 1. The first-order chi connectivity index (χ1) is 9.79. The molecule has 1 aliphatic rings. The number of hydrogen-bond donors (Lipinski definition) is 1. The molecule has 1 aromatic rings. The van der Waals surface area contributed by atoms with Gasteiger partial charge in [-0.3, -0.25) is 4.79 Å². The molecule has 1 aromatic carbocycles. The van der Waals surface area contributed by atoms with Gasteiger partial charge in [-0.05, 0) is 5.56 Å². The molecule has 1 heterocycles. The van der Waals surface area contributed by atoms with E-state index < -0.39 is 0 Å². The van der Waals surface area contributed by atoms with Crippen molar-refractivity contribution in [2.75, 3.05) is 24.6 Å². The summed E-state index contributed by atoms with van der Waals surface area (Å²) in [5, 5.41) is 3.42. The SMILES string of the molecule is C=CCN(Cc1ccccc1)C(=O)CC1CSCCN1.Cl. The third kappa shape index (κ3) is 6.12. The maximum atomic E-state index is 12.4. The van der Waals surface area contributed by atoms with Crippen molar-refractivity contribution >= 4 is 30.1 Å². The van der Waals surface area contributed by atoms with Crippen LogP contribution in [0.15, 0.2) is 43.0 Å². The molecule has 116 valence electrons. The van der Waals surface area contributed by atoms with Crippen molar-refractivity contribution < 1.29 is 4.79 Å². The lowest BCUT2D eigenvalue weighted by atomic mass is 10.1. The van der Waals surface area contributed by atoms with Crippen LogP contribution in [0.5, 0.6) is 0 Å². The van der Waals surface area contributed by atoms with Crippen LogP contribution < -0.4 is 5.32 Å². The van der Waals surface area contributed by atoms with Gasteiger partial charge in [0.1, 0.15) is 0 Å². The topological polar surface area (TPSA) is 32.3 Å². The predicted octanol–water partition coefficient (Wildman–Crippen LogP) is 2.72. The number of carbonyl (C=O) groups excluding carboxylic acids is 1. The molecule has 1 N–H and O–H groups in total. The molecule has 0 saturated carbocycles. The van der Waals surface area contributed by atoms with E-state index in [0.717, 1.165) is 23.6 Å². The minimum Gasteiger partial charge on any atom is -0.335 e. The quantitative estimate of drug-likeness (QED) is 0.816. The highest BCUT2D eigenvalue weighted by atomic mass is 35.5. The van der Waals surface area contributed by atoms with Gasteiger partial charge >= 0.3 is 0 Å². The molecule has 0 aromatic heterocycles. The molecule has 0 radical (unpaired) electrons. The molecule has 1 fully saturated rings. The molecule has 1 aliphatic heterocycles. The molecule has 1 amide bonds. The zero-order valence-electron chi connectivity index (χ0n) is 12.2. The summed E-state index contributed by atoms with van der Waals surface area (Å²) >= 11 is 1.92. The molecular weight excluding hydrogens is 304 g/mol. The number of rotatable bonds is 6. The minimum atomic E-state index is 0. The van der Waals surface area contributed by atoms with Crippen molar-refractivity contribution in [3.63, 3.8) is 0 Å². The molecule has 0 spiro atoms. The average Bonchev–Trinajstić information content (AvgIpc) is 2.49. The van der Waals surface area contributed by atoms with E-state index in [4.69, 9.17) is 0 Å². The largest absolute Gasteiger partial charge is 0.335 e. The zero-order valence-corrected chi connectivity index (χ0v) is 13.8. The number of nitrogens with one attached hydrogen (secondary N) is 1. The smallest absolute Gasteiger partial charge is 0.224 e. The first-order valence-electron chi connectivity index (χ1n) is 7.03. The van der Waals surface area contributed by atoms with Crippen LogP contribution in [0.25, 0.3) is 0 Å². The molecule has 5 heteroatoms. The van der Waals surface area contributed by atoms with Gasteiger partial charge in [0.25, 0.3) is 0 Å². The van der Waals surface area contributed by atoms with E-state index in [-0.39, 0.29) is 18.3 Å². The highest BCUT2D eigenvalue weighted by Gasteiger charge is 2.20. The van der Waals surface area contributed by atoms with E-state index in [1.54, 1.807) is 6.08 Å². The highest BCUT2D eigenvalue weighted by Crippen LogP contribution is 2.13. The van der Waals surface area contributed by atoms with Crippen molar-refractivity contribution in [2.24, 2.45) is 0 Å². The summed E-state index contributed by atoms with van der Waals surface area (Å²) in [7, 11) is 0. The highest BCUT2D eigenvalue weighted by molar-refractivity contribution is 7.99. The second-order valence-electron chi connectivity index (χ2n) is 4.98. The van der Waals surface area contributed by atoms with Crippen LogP contribution in [0.1, 0.15) is 12.0 Å². The molecule has 2 rings (SSSR count). The number of halogens is 1. The fourth-order valence-electron chi connectivity index (χ4n) is 2.30.